The number of ketones is 1. The van der Waals surface area contributed by atoms with E-state index < -0.39 is 0 Å². The maximum atomic E-state index is 12.3. The molecule has 0 amide bonds. The van der Waals surface area contributed by atoms with E-state index in [1.165, 1.54) is 6.07 Å². The fourth-order valence-corrected chi connectivity index (χ4v) is 1.80. The van der Waals surface area contributed by atoms with E-state index in [1.54, 1.807) is 36.4 Å². The molecule has 0 aromatic heterocycles. The monoisotopic (exact) mass is 271 g/mol. The van der Waals surface area contributed by atoms with Crippen LogP contribution < -0.4 is 10.5 Å². The van der Waals surface area contributed by atoms with Crippen molar-refractivity contribution in [2.24, 2.45) is 0 Å². The second-order valence-corrected chi connectivity index (χ2v) is 4.48. The largest absolute Gasteiger partial charge is 0.507 e. The van der Waals surface area contributed by atoms with Crippen LogP contribution in [0.15, 0.2) is 42.5 Å². The van der Waals surface area contributed by atoms with Gasteiger partial charge in [-0.25, -0.2) is 0 Å². The minimum atomic E-state index is -0.260. The number of phenols is 1. The first-order valence-corrected chi connectivity index (χ1v) is 6.48. The van der Waals surface area contributed by atoms with Gasteiger partial charge in [-0.2, -0.15) is 0 Å². The summed E-state index contributed by atoms with van der Waals surface area (Å²) < 4.78 is 5.47. The van der Waals surface area contributed by atoms with E-state index in [0.29, 0.717) is 23.6 Å². The van der Waals surface area contributed by atoms with Crippen molar-refractivity contribution < 1.29 is 14.6 Å². The van der Waals surface area contributed by atoms with Crippen LogP contribution in [-0.2, 0) is 0 Å². The summed E-state index contributed by atoms with van der Waals surface area (Å²) in [6.07, 6.45) is 0.877. The van der Waals surface area contributed by atoms with Gasteiger partial charge in [0.15, 0.2) is 5.78 Å². The molecule has 0 fully saturated rings. The minimum absolute atomic E-state index is 0.0596. The van der Waals surface area contributed by atoms with Gasteiger partial charge in [-0.1, -0.05) is 6.92 Å². The van der Waals surface area contributed by atoms with Crippen LogP contribution in [0.25, 0.3) is 0 Å². The zero-order chi connectivity index (χ0) is 14.5. The molecular formula is C16H17NO3. The van der Waals surface area contributed by atoms with Crippen LogP contribution in [0.1, 0.15) is 29.3 Å². The number of hydrogen-bond donors (Lipinski definition) is 2. The van der Waals surface area contributed by atoms with Crippen molar-refractivity contribution in [1.29, 1.82) is 0 Å². The molecule has 0 unspecified atom stereocenters. The molecule has 0 bridgehead atoms. The van der Waals surface area contributed by atoms with Crippen LogP contribution >= 0.6 is 0 Å². The Morgan fingerprint density at radius 1 is 1.20 bits per heavy atom. The highest BCUT2D eigenvalue weighted by Gasteiger charge is 2.14. The van der Waals surface area contributed by atoms with Gasteiger partial charge in [0.25, 0.3) is 0 Å². The van der Waals surface area contributed by atoms with E-state index in [2.05, 4.69) is 0 Å². The Morgan fingerprint density at radius 3 is 2.55 bits per heavy atom. The van der Waals surface area contributed by atoms with E-state index in [4.69, 9.17) is 10.5 Å². The number of rotatable bonds is 5. The SMILES string of the molecule is CCCOc1ccc(O)c(C(=O)c2ccc(N)cc2)c1. The highest BCUT2D eigenvalue weighted by Crippen LogP contribution is 2.26. The molecular weight excluding hydrogens is 254 g/mol. The van der Waals surface area contributed by atoms with Crippen LogP contribution in [0.5, 0.6) is 11.5 Å². The predicted octanol–water partition coefficient (Wildman–Crippen LogP) is 2.99. The Morgan fingerprint density at radius 2 is 1.90 bits per heavy atom. The third kappa shape index (κ3) is 3.09. The second kappa shape index (κ2) is 6.10. The molecule has 0 radical (unpaired) electrons. The molecule has 2 rings (SSSR count). The van der Waals surface area contributed by atoms with Crippen molar-refractivity contribution in [2.75, 3.05) is 12.3 Å². The number of anilines is 1. The molecule has 0 spiro atoms. The van der Waals surface area contributed by atoms with Crippen LogP contribution in [0.3, 0.4) is 0 Å². The van der Waals surface area contributed by atoms with Gasteiger partial charge in [0, 0.05) is 11.3 Å². The van der Waals surface area contributed by atoms with Crippen LogP contribution in [0, 0.1) is 0 Å². The van der Waals surface area contributed by atoms with E-state index in [0.717, 1.165) is 6.42 Å². The average molecular weight is 271 g/mol. The number of carbonyl (C=O) groups excluding carboxylic acids is 1. The highest BCUT2D eigenvalue weighted by atomic mass is 16.5. The van der Waals surface area contributed by atoms with E-state index in [9.17, 15) is 9.90 Å². The van der Waals surface area contributed by atoms with Gasteiger partial charge < -0.3 is 15.6 Å². The lowest BCUT2D eigenvalue weighted by Gasteiger charge is -2.08. The lowest BCUT2D eigenvalue weighted by molar-refractivity contribution is 0.103. The summed E-state index contributed by atoms with van der Waals surface area (Å²) in [5, 5.41) is 9.85. The average Bonchev–Trinajstić information content (AvgIpc) is 2.46. The molecule has 0 aliphatic heterocycles. The quantitative estimate of drug-likeness (QED) is 0.647. The number of benzene rings is 2. The maximum absolute atomic E-state index is 12.3. The Kier molecular flexibility index (Phi) is 4.25. The second-order valence-electron chi connectivity index (χ2n) is 4.48. The molecule has 104 valence electrons. The molecule has 4 heteroatoms. The molecule has 0 aliphatic carbocycles. The Bertz CT molecular complexity index is 606. The van der Waals surface area contributed by atoms with Crippen molar-refractivity contribution in [3.63, 3.8) is 0 Å². The summed E-state index contributed by atoms with van der Waals surface area (Å²) in [5.74, 6) is 0.253. The summed E-state index contributed by atoms with van der Waals surface area (Å²) in [6, 6.07) is 11.3. The molecule has 2 aromatic carbocycles. The number of phenolic OH excluding ortho intramolecular Hbond substituents is 1. The molecule has 3 N–H and O–H groups in total. The molecule has 4 nitrogen and oxygen atoms in total. The van der Waals surface area contributed by atoms with Gasteiger partial charge in [-0.15, -0.1) is 0 Å². The lowest BCUT2D eigenvalue weighted by atomic mass is 10.0. The van der Waals surface area contributed by atoms with Crippen molar-refractivity contribution in [1.82, 2.24) is 0 Å². The number of hydrogen-bond acceptors (Lipinski definition) is 4. The first kappa shape index (κ1) is 13.9. The van der Waals surface area contributed by atoms with Crippen LogP contribution in [0.2, 0.25) is 0 Å². The number of ether oxygens (including phenoxy) is 1. The van der Waals surface area contributed by atoms with E-state index in [1.807, 2.05) is 6.92 Å². The van der Waals surface area contributed by atoms with Crippen molar-refractivity contribution >= 4 is 11.5 Å². The van der Waals surface area contributed by atoms with Gasteiger partial charge in [-0.05, 0) is 48.9 Å². The Balaban J connectivity index is 2.30. The third-order valence-corrected chi connectivity index (χ3v) is 2.86. The van der Waals surface area contributed by atoms with Gasteiger partial charge in [-0.3, -0.25) is 4.79 Å². The minimum Gasteiger partial charge on any atom is -0.507 e. The number of nitrogen functional groups attached to an aromatic ring is 1. The van der Waals surface area contributed by atoms with Gasteiger partial charge in [0.2, 0.25) is 0 Å². The predicted molar refractivity (Wildman–Crippen MR) is 78.2 cm³/mol. The van der Waals surface area contributed by atoms with Crippen molar-refractivity contribution in [3.05, 3.63) is 53.6 Å². The van der Waals surface area contributed by atoms with Gasteiger partial charge >= 0.3 is 0 Å². The highest BCUT2D eigenvalue weighted by molar-refractivity contribution is 6.11. The molecule has 20 heavy (non-hydrogen) atoms. The first-order chi connectivity index (χ1) is 9.61. The number of carbonyl (C=O) groups is 1. The Hall–Kier alpha value is -2.49. The Labute approximate surface area is 117 Å². The molecule has 0 heterocycles. The normalized spacial score (nSPS) is 10.2. The van der Waals surface area contributed by atoms with Crippen LogP contribution in [0.4, 0.5) is 5.69 Å². The standard InChI is InChI=1S/C16H17NO3/c1-2-9-20-13-7-8-15(18)14(10-13)16(19)11-3-5-12(17)6-4-11/h3-8,10,18H,2,9,17H2,1H3. The van der Waals surface area contributed by atoms with Crippen LogP contribution in [-0.4, -0.2) is 17.5 Å². The van der Waals surface area contributed by atoms with Crippen molar-refractivity contribution in [2.45, 2.75) is 13.3 Å². The van der Waals surface area contributed by atoms with E-state index in [-0.39, 0.29) is 17.1 Å². The fraction of sp³-hybridized carbons (Fsp3) is 0.188. The molecule has 0 saturated carbocycles. The number of nitrogens with two attached hydrogens (primary N) is 1. The fourth-order valence-electron chi connectivity index (χ4n) is 1.80. The summed E-state index contributed by atoms with van der Waals surface area (Å²) in [6.45, 7) is 2.57. The zero-order valence-corrected chi connectivity index (χ0v) is 11.3. The molecule has 0 saturated heterocycles. The summed E-state index contributed by atoms with van der Waals surface area (Å²) in [5.41, 5.74) is 6.88. The topological polar surface area (TPSA) is 72.5 Å². The van der Waals surface area contributed by atoms with E-state index >= 15 is 0 Å². The van der Waals surface area contributed by atoms with Gasteiger partial charge in [0.05, 0.1) is 12.2 Å². The third-order valence-electron chi connectivity index (χ3n) is 2.86. The summed E-state index contributed by atoms with van der Waals surface area (Å²) >= 11 is 0. The maximum Gasteiger partial charge on any atom is 0.196 e. The molecule has 0 aliphatic rings. The smallest absolute Gasteiger partial charge is 0.196 e. The lowest BCUT2D eigenvalue weighted by Crippen LogP contribution is -2.03. The molecule has 0 atom stereocenters. The summed E-state index contributed by atoms with van der Waals surface area (Å²) in [4.78, 5) is 12.3. The molecule has 2 aromatic rings. The first-order valence-electron chi connectivity index (χ1n) is 6.48. The van der Waals surface area contributed by atoms with Crippen molar-refractivity contribution in [3.8, 4) is 11.5 Å². The summed E-state index contributed by atoms with van der Waals surface area (Å²) in [7, 11) is 0. The van der Waals surface area contributed by atoms with Gasteiger partial charge in [0.1, 0.15) is 11.5 Å². The zero-order valence-electron chi connectivity index (χ0n) is 11.3. The number of aromatic hydroxyl groups is 1.